The molecule has 0 amide bonds. The Morgan fingerprint density at radius 2 is 2.31 bits per heavy atom. The van der Waals surface area contributed by atoms with Crippen molar-refractivity contribution < 1.29 is 0 Å². The van der Waals surface area contributed by atoms with Crippen LogP contribution in [0.5, 0.6) is 0 Å². The quantitative estimate of drug-likeness (QED) is 0.759. The highest BCUT2D eigenvalue weighted by Crippen LogP contribution is 2.48. The summed E-state index contributed by atoms with van der Waals surface area (Å²) in [6.45, 7) is 7.11. The van der Waals surface area contributed by atoms with Crippen LogP contribution in [0.4, 0.5) is 0 Å². The minimum absolute atomic E-state index is 0.513. The van der Waals surface area contributed by atoms with Gasteiger partial charge in [0.1, 0.15) is 0 Å². The fraction of sp³-hybridized carbons (Fsp3) is 0.600. The zero-order valence-corrected chi connectivity index (χ0v) is 10.3. The van der Waals surface area contributed by atoms with Crippen LogP contribution in [0.1, 0.15) is 42.9 Å². The van der Waals surface area contributed by atoms with Crippen molar-refractivity contribution in [3.63, 3.8) is 0 Å². The molecular weight excluding hydrogens is 194 g/mol. The Morgan fingerprint density at radius 1 is 1.44 bits per heavy atom. The molecule has 1 heterocycles. The summed E-state index contributed by atoms with van der Waals surface area (Å²) >= 11 is 0. The normalized spacial score (nSPS) is 32.2. The molecule has 1 aliphatic heterocycles. The van der Waals surface area contributed by atoms with Gasteiger partial charge in [0.15, 0.2) is 0 Å². The highest BCUT2D eigenvalue weighted by Gasteiger charge is 2.43. The molecule has 86 valence electrons. The first kappa shape index (κ1) is 10.3. The van der Waals surface area contributed by atoms with Crippen LogP contribution in [-0.4, -0.2) is 13.1 Å². The van der Waals surface area contributed by atoms with Gasteiger partial charge in [0.05, 0.1) is 0 Å². The van der Waals surface area contributed by atoms with E-state index in [9.17, 15) is 0 Å². The summed E-state index contributed by atoms with van der Waals surface area (Å²) in [5, 5.41) is 3.58. The van der Waals surface area contributed by atoms with E-state index in [1.54, 1.807) is 16.7 Å². The van der Waals surface area contributed by atoms with E-state index in [0.29, 0.717) is 5.41 Å². The predicted molar refractivity (Wildman–Crippen MR) is 67.9 cm³/mol. The van der Waals surface area contributed by atoms with E-state index in [2.05, 4.69) is 37.4 Å². The third-order valence-electron chi connectivity index (χ3n) is 4.73. The number of fused-ring (bicyclic) bond motifs is 3. The Kier molecular flexibility index (Phi) is 2.32. The number of rotatable bonds is 1. The van der Waals surface area contributed by atoms with Gasteiger partial charge in [-0.25, -0.2) is 0 Å². The largest absolute Gasteiger partial charge is 0.316 e. The van der Waals surface area contributed by atoms with Crippen LogP contribution in [0.3, 0.4) is 0 Å². The third kappa shape index (κ3) is 1.34. The lowest BCUT2D eigenvalue weighted by Gasteiger charge is -2.37. The number of benzene rings is 1. The highest BCUT2D eigenvalue weighted by atomic mass is 14.9. The monoisotopic (exact) mass is 215 g/mol. The van der Waals surface area contributed by atoms with Gasteiger partial charge in [-0.15, -0.1) is 0 Å². The van der Waals surface area contributed by atoms with Gasteiger partial charge >= 0.3 is 0 Å². The average molecular weight is 215 g/mol. The van der Waals surface area contributed by atoms with Crippen molar-refractivity contribution in [3.05, 3.63) is 34.9 Å². The predicted octanol–water partition coefficient (Wildman–Crippen LogP) is 2.89. The van der Waals surface area contributed by atoms with E-state index in [1.165, 1.54) is 32.4 Å². The molecule has 0 bridgehead atoms. The molecule has 1 saturated heterocycles. The molecule has 0 unspecified atom stereocenters. The van der Waals surface area contributed by atoms with Gasteiger partial charge in [0.2, 0.25) is 0 Å². The summed E-state index contributed by atoms with van der Waals surface area (Å²) in [5.74, 6) is 0.753. The van der Waals surface area contributed by atoms with Crippen LogP contribution in [0.2, 0.25) is 0 Å². The fourth-order valence-electron chi connectivity index (χ4n) is 3.65. The van der Waals surface area contributed by atoms with Gasteiger partial charge in [0.25, 0.3) is 0 Å². The maximum Gasteiger partial charge on any atom is 0.00323 e. The standard InChI is InChI=1S/C15H21N/c1-3-11-5-4-6-13-12(11)7-8-15(2)10-16-9-14(13)15/h4-6,14,16H,3,7-10H2,1-2H3/t14-,15-/m0/s1. The average Bonchev–Trinajstić information content (AvgIpc) is 2.70. The second-order valence-corrected chi connectivity index (χ2v) is 5.68. The summed E-state index contributed by atoms with van der Waals surface area (Å²) in [4.78, 5) is 0. The summed E-state index contributed by atoms with van der Waals surface area (Å²) in [6, 6.07) is 6.93. The topological polar surface area (TPSA) is 12.0 Å². The molecule has 1 N–H and O–H groups in total. The molecule has 0 spiro atoms. The maximum absolute atomic E-state index is 3.58. The number of hydrogen-bond acceptors (Lipinski definition) is 1. The van der Waals surface area contributed by atoms with E-state index >= 15 is 0 Å². The molecule has 1 aromatic carbocycles. The van der Waals surface area contributed by atoms with E-state index in [1.807, 2.05) is 0 Å². The molecule has 1 fully saturated rings. The minimum atomic E-state index is 0.513. The van der Waals surface area contributed by atoms with Crippen LogP contribution in [0, 0.1) is 5.41 Å². The van der Waals surface area contributed by atoms with Crippen molar-refractivity contribution in [2.45, 2.75) is 39.0 Å². The van der Waals surface area contributed by atoms with E-state index in [0.717, 1.165) is 5.92 Å². The molecule has 16 heavy (non-hydrogen) atoms. The molecule has 1 aliphatic carbocycles. The number of nitrogens with one attached hydrogen (secondary N) is 1. The molecule has 2 aliphatic rings. The Bertz CT molecular complexity index is 410. The second kappa shape index (κ2) is 3.59. The zero-order chi connectivity index (χ0) is 11.2. The highest BCUT2D eigenvalue weighted by molar-refractivity contribution is 5.42. The van der Waals surface area contributed by atoms with Crippen LogP contribution in [-0.2, 0) is 12.8 Å². The van der Waals surface area contributed by atoms with Crippen molar-refractivity contribution in [1.82, 2.24) is 5.32 Å². The molecule has 0 saturated carbocycles. The molecule has 0 aromatic heterocycles. The van der Waals surface area contributed by atoms with Crippen molar-refractivity contribution in [2.75, 3.05) is 13.1 Å². The zero-order valence-electron chi connectivity index (χ0n) is 10.3. The first-order valence-corrected chi connectivity index (χ1v) is 6.56. The van der Waals surface area contributed by atoms with Crippen LogP contribution in [0.15, 0.2) is 18.2 Å². The number of hydrogen-bond donors (Lipinski definition) is 1. The van der Waals surface area contributed by atoms with Crippen LogP contribution < -0.4 is 5.32 Å². The van der Waals surface area contributed by atoms with Gasteiger partial charge in [-0.3, -0.25) is 0 Å². The molecule has 3 rings (SSSR count). The SMILES string of the molecule is CCc1cccc2c1CC[C@@]1(C)CNC[C@@H]21. The molecular formula is C15H21N. The Balaban J connectivity index is 2.10. The van der Waals surface area contributed by atoms with Gasteiger partial charge in [-0.1, -0.05) is 32.0 Å². The van der Waals surface area contributed by atoms with Crippen LogP contribution >= 0.6 is 0 Å². The van der Waals surface area contributed by atoms with Gasteiger partial charge < -0.3 is 5.32 Å². The second-order valence-electron chi connectivity index (χ2n) is 5.68. The van der Waals surface area contributed by atoms with Crippen molar-refractivity contribution in [3.8, 4) is 0 Å². The van der Waals surface area contributed by atoms with E-state index in [4.69, 9.17) is 0 Å². The van der Waals surface area contributed by atoms with Gasteiger partial charge in [-0.05, 0) is 41.4 Å². The fourth-order valence-corrected chi connectivity index (χ4v) is 3.65. The smallest absolute Gasteiger partial charge is 0.00323 e. The molecule has 0 radical (unpaired) electrons. The van der Waals surface area contributed by atoms with E-state index in [-0.39, 0.29) is 0 Å². The Labute approximate surface area is 98.3 Å². The number of aryl methyl sites for hydroxylation is 1. The van der Waals surface area contributed by atoms with Crippen molar-refractivity contribution >= 4 is 0 Å². The molecule has 1 aromatic rings. The summed E-state index contributed by atoms with van der Waals surface area (Å²) in [7, 11) is 0. The molecule has 1 heteroatoms. The maximum atomic E-state index is 3.58. The summed E-state index contributed by atoms with van der Waals surface area (Å²) in [5.41, 5.74) is 5.39. The van der Waals surface area contributed by atoms with Crippen molar-refractivity contribution in [1.29, 1.82) is 0 Å². The Morgan fingerprint density at radius 3 is 3.12 bits per heavy atom. The first-order valence-electron chi connectivity index (χ1n) is 6.56. The lowest BCUT2D eigenvalue weighted by molar-refractivity contribution is 0.277. The molecule has 2 atom stereocenters. The van der Waals surface area contributed by atoms with Gasteiger partial charge in [-0.2, -0.15) is 0 Å². The van der Waals surface area contributed by atoms with Crippen molar-refractivity contribution in [2.24, 2.45) is 5.41 Å². The first-order chi connectivity index (χ1) is 7.74. The third-order valence-corrected chi connectivity index (χ3v) is 4.73. The lowest BCUT2D eigenvalue weighted by Crippen LogP contribution is -2.30. The molecule has 1 nitrogen and oxygen atoms in total. The van der Waals surface area contributed by atoms with Gasteiger partial charge in [0, 0.05) is 19.0 Å². The minimum Gasteiger partial charge on any atom is -0.316 e. The van der Waals surface area contributed by atoms with E-state index < -0.39 is 0 Å². The van der Waals surface area contributed by atoms with Crippen LogP contribution in [0.25, 0.3) is 0 Å². The Hall–Kier alpha value is -0.820. The lowest BCUT2D eigenvalue weighted by atomic mass is 9.66. The summed E-state index contributed by atoms with van der Waals surface area (Å²) in [6.07, 6.45) is 3.82. The summed E-state index contributed by atoms with van der Waals surface area (Å²) < 4.78 is 0.